The third-order valence-electron chi connectivity index (χ3n) is 16.5. The molecule has 0 radical (unpaired) electrons. The number of ether oxygens (including phenoxy) is 13. The van der Waals surface area contributed by atoms with Crippen LogP contribution in [0.25, 0.3) is 0 Å². The standard InChI is InChI=1S/C52H81ClO14/c1-11-13-37-41-29-52(63-37)32(4)19-22-51(67-52)28-42(56-10)44(53)38(61-51)17-16-31(3)45-47(65-49(7,8)64-45)46-39(55-9)20-23-50(66-46)21-18-30(2)40(62-50)26-36-25-35(59-48(5,6)60-36)24-33-14-12-15-34(57-33)27-43(54)58-41/h11,18,21,30-42,44-47H,1,12-17,19-20,22-29H2,2-10H3/t30-,31-,32-,33-,34+,35+,36-,37-,38+,39-,40+,41-,42+,44+,45-,46-,47-,50-,51+,52+/m0/s1. The third kappa shape index (κ3) is 10.9. The van der Waals surface area contributed by atoms with E-state index in [0.717, 1.165) is 38.5 Å². The van der Waals surface area contributed by atoms with Gasteiger partial charge in [-0.05, 0) is 91.1 Å². The van der Waals surface area contributed by atoms with Gasteiger partial charge in [-0.3, -0.25) is 4.79 Å². The Kier molecular flexibility index (Phi) is 15.1. The van der Waals surface area contributed by atoms with E-state index in [0.29, 0.717) is 57.8 Å². The van der Waals surface area contributed by atoms with E-state index in [1.807, 2.05) is 33.8 Å². The molecule has 3 spiro atoms. The number of esters is 1. The lowest BCUT2D eigenvalue weighted by Crippen LogP contribution is -2.61. The van der Waals surface area contributed by atoms with Gasteiger partial charge in [-0.1, -0.05) is 32.9 Å². The first-order valence-electron chi connectivity index (χ1n) is 25.8. The van der Waals surface area contributed by atoms with Crippen molar-refractivity contribution in [3.05, 3.63) is 24.8 Å². The lowest BCUT2D eigenvalue weighted by Gasteiger charge is -2.54. The Morgan fingerprint density at radius 1 is 0.716 bits per heavy atom. The Morgan fingerprint density at radius 2 is 1.43 bits per heavy atom. The molecule has 0 aliphatic carbocycles. The number of methoxy groups -OCH3 is 2. The predicted molar refractivity (Wildman–Crippen MR) is 247 cm³/mol. The zero-order valence-electron chi connectivity index (χ0n) is 41.7. The van der Waals surface area contributed by atoms with Crippen molar-refractivity contribution < 1.29 is 66.4 Å². The highest BCUT2D eigenvalue weighted by atomic mass is 35.5. The molecule has 9 aliphatic heterocycles. The molecule has 380 valence electrons. The van der Waals surface area contributed by atoms with E-state index >= 15 is 0 Å². The molecule has 0 unspecified atom stereocenters. The summed E-state index contributed by atoms with van der Waals surface area (Å²) in [6, 6.07) is 0. The molecule has 8 fully saturated rings. The molecule has 8 saturated heterocycles. The summed E-state index contributed by atoms with van der Waals surface area (Å²) in [5, 5.41) is -0.420. The van der Waals surface area contributed by atoms with E-state index in [4.69, 9.17) is 73.2 Å². The van der Waals surface area contributed by atoms with Gasteiger partial charge in [0.1, 0.15) is 24.4 Å². The number of alkyl halides is 1. The molecule has 0 amide bonds. The van der Waals surface area contributed by atoms with Crippen LogP contribution in [0.5, 0.6) is 0 Å². The zero-order chi connectivity index (χ0) is 47.5. The number of carbonyl (C=O) groups excluding carboxylic acids is 1. The maximum atomic E-state index is 13.9. The summed E-state index contributed by atoms with van der Waals surface area (Å²) < 4.78 is 87.7. The molecular weight excluding hydrogens is 884 g/mol. The van der Waals surface area contributed by atoms with Crippen LogP contribution in [-0.2, 0) is 66.4 Å². The highest BCUT2D eigenvalue weighted by molar-refractivity contribution is 6.21. The van der Waals surface area contributed by atoms with E-state index in [-0.39, 0.29) is 79.0 Å². The van der Waals surface area contributed by atoms with Crippen LogP contribution < -0.4 is 0 Å². The Balaban J connectivity index is 1.01. The summed E-state index contributed by atoms with van der Waals surface area (Å²) in [6.07, 6.45) is 12.7. The predicted octanol–water partition coefficient (Wildman–Crippen LogP) is 8.96. The van der Waals surface area contributed by atoms with Crippen LogP contribution in [0.4, 0.5) is 0 Å². The van der Waals surface area contributed by atoms with Gasteiger partial charge in [-0.2, -0.15) is 0 Å². The summed E-state index contributed by atoms with van der Waals surface area (Å²) in [5.74, 6) is -4.83. The average Bonchev–Trinajstić information content (AvgIpc) is 3.78. The van der Waals surface area contributed by atoms with E-state index in [1.165, 1.54) is 0 Å². The van der Waals surface area contributed by atoms with Crippen LogP contribution in [0.3, 0.4) is 0 Å². The van der Waals surface area contributed by atoms with Crippen LogP contribution in [0.15, 0.2) is 24.8 Å². The van der Waals surface area contributed by atoms with Crippen LogP contribution in [0.1, 0.15) is 151 Å². The first-order valence-corrected chi connectivity index (χ1v) is 26.2. The summed E-state index contributed by atoms with van der Waals surface area (Å²) in [5.41, 5.74) is 0. The second kappa shape index (κ2) is 20.0. The van der Waals surface area contributed by atoms with Crippen molar-refractivity contribution in [1.82, 2.24) is 0 Å². The van der Waals surface area contributed by atoms with Gasteiger partial charge in [0.05, 0.1) is 66.7 Å². The molecule has 11 bridgehead atoms. The van der Waals surface area contributed by atoms with Crippen LogP contribution >= 0.6 is 11.6 Å². The zero-order valence-corrected chi connectivity index (χ0v) is 42.4. The maximum absolute atomic E-state index is 13.9. The van der Waals surface area contributed by atoms with Gasteiger partial charge < -0.3 is 61.6 Å². The van der Waals surface area contributed by atoms with E-state index in [9.17, 15) is 4.79 Å². The Bertz CT molecular complexity index is 1760. The minimum absolute atomic E-state index is 0.00588. The van der Waals surface area contributed by atoms with E-state index < -0.39 is 64.8 Å². The molecule has 0 aromatic carbocycles. The van der Waals surface area contributed by atoms with Gasteiger partial charge in [0.25, 0.3) is 0 Å². The van der Waals surface area contributed by atoms with Gasteiger partial charge in [0, 0.05) is 71.0 Å². The molecular formula is C52H81ClO14. The Labute approximate surface area is 404 Å². The quantitative estimate of drug-likeness (QED) is 0.151. The van der Waals surface area contributed by atoms with Gasteiger partial charge in [0.15, 0.2) is 28.9 Å². The number of halogens is 1. The molecule has 15 heteroatoms. The summed E-state index contributed by atoms with van der Waals surface area (Å²) >= 11 is 7.28. The van der Waals surface area contributed by atoms with Gasteiger partial charge in [-0.15, -0.1) is 18.2 Å². The van der Waals surface area contributed by atoms with Crippen molar-refractivity contribution in [2.45, 2.75) is 265 Å². The second-order valence-corrected chi connectivity index (χ2v) is 23.1. The maximum Gasteiger partial charge on any atom is 0.308 e. The minimum atomic E-state index is -1.05. The Morgan fingerprint density at radius 3 is 2.19 bits per heavy atom. The minimum Gasteiger partial charge on any atom is -0.459 e. The molecule has 0 aromatic rings. The fraction of sp³-hybridized carbons (Fsp3) is 0.904. The van der Waals surface area contributed by atoms with Crippen molar-refractivity contribution in [2.75, 3.05) is 14.2 Å². The average molecular weight is 966 g/mol. The van der Waals surface area contributed by atoms with Crippen molar-refractivity contribution in [2.24, 2.45) is 17.8 Å². The number of fused-ring (bicyclic) bond motifs is 10. The fourth-order valence-electron chi connectivity index (χ4n) is 13.1. The molecule has 14 nitrogen and oxygen atoms in total. The highest BCUT2D eigenvalue weighted by Gasteiger charge is 2.62. The van der Waals surface area contributed by atoms with Crippen molar-refractivity contribution in [3.8, 4) is 0 Å². The number of rotatable bonds is 4. The monoisotopic (exact) mass is 965 g/mol. The van der Waals surface area contributed by atoms with Crippen LogP contribution in [0.2, 0.25) is 0 Å². The third-order valence-corrected chi connectivity index (χ3v) is 17.1. The van der Waals surface area contributed by atoms with Gasteiger partial charge in [-0.25, -0.2) is 0 Å². The fourth-order valence-corrected chi connectivity index (χ4v) is 13.4. The first kappa shape index (κ1) is 50.7. The summed E-state index contributed by atoms with van der Waals surface area (Å²) in [4.78, 5) is 13.9. The molecule has 9 heterocycles. The smallest absolute Gasteiger partial charge is 0.308 e. The molecule has 0 N–H and O–H groups in total. The van der Waals surface area contributed by atoms with Crippen molar-refractivity contribution in [1.29, 1.82) is 0 Å². The summed E-state index contributed by atoms with van der Waals surface area (Å²) in [7, 11) is 3.45. The SMILES string of the molecule is C=CC[C@@H]1O[C@@]23C[C@@H]1OC(=O)C[C@H]1CCC[C@@H](C[C@@H]4C[C@@H](C[C@H]5O[C@]6(C=C[C@@H]5C)CC[C@H](OC)[C@H](O6)[C@H]5OC(C)(C)O[C@H]5[C@@H](C)CC[C@H]5O[C@@](CC[C@@H]2C)(C[C@@H](OC)[C@@H]5Cl)O3)OC(C)(C)O4)O1. The number of hydrogen-bond donors (Lipinski definition) is 0. The number of carbonyl (C=O) groups is 1. The Hall–Kier alpha value is -1.24. The van der Waals surface area contributed by atoms with Crippen LogP contribution in [0, 0.1) is 17.8 Å². The first-order chi connectivity index (χ1) is 31.8. The van der Waals surface area contributed by atoms with Crippen LogP contribution in [-0.4, -0.2) is 134 Å². The molecule has 0 aromatic heterocycles. The topological polar surface area (TPSA) is 137 Å². The number of hydrogen-bond acceptors (Lipinski definition) is 14. The lowest BCUT2D eigenvalue weighted by atomic mass is 9.82. The molecule has 0 saturated carbocycles. The molecule has 9 rings (SSSR count). The highest BCUT2D eigenvalue weighted by Crippen LogP contribution is 2.54. The molecule has 20 atom stereocenters. The lowest BCUT2D eigenvalue weighted by molar-refractivity contribution is -0.413. The largest absolute Gasteiger partial charge is 0.459 e. The second-order valence-electron chi connectivity index (χ2n) is 22.6. The van der Waals surface area contributed by atoms with Gasteiger partial charge in [0.2, 0.25) is 0 Å². The molecule has 9 aliphatic rings. The van der Waals surface area contributed by atoms with Crippen molar-refractivity contribution >= 4 is 17.6 Å². The normalized spacial score (nSPS) is 50.2. The van der Waals surface area contributed by atoms with Crippen molar-refractivity contribution in [3.63, 3.8) is 0 Å². The van der Waals surface area contributed by atoms with Gasteiger partial charge >= 0.3 is 5.97 Å². The molecule has 67 heavy (non-hydrogen) atoms. The summed E-state index contributed by atoms with van der Waals surface area (Å²) in [6.45, 7) is 18.5. The van der Waals surface area contributed by atoms with E-state index in [1.54, 1.807) is 14.2 Å². The van der Waals surface area contributed by atoms with E-state index in [2.05, 4.69) is 39.5 Å².